The molecule has 0 spiro atoms. The van der Waals surface area contributed by atoms with Crippen LogP contribution in [0.1, 0.15) is 26.3 Å². The van der Waals surface area contributed by atoms with Crippen LogP contribution in [0.25, 0.3) is 0 Å². The van der Waals surface area contributed by atoms with Gasteiger partial charge in [0.05, 0.1) is 12.5 Å². The molecule has 0 aromatic heterocycles. The van der Waals surface area contributed by atoms with Crippen LogP contribution in [0.5, 0.6) is 0 Å². The zero-order valence-corrected chi connectivity index (χ0v) is 11.3. The number of amides is 1. The normalized spacial score (nSPS) is 16.7. The second kappa shape index (κ2) is 4.53. The number of para-hydroxylation sites is 1. The minimum Gasteiger partial charge on any atom is -0.277 e. The molecule has 0 radical (unpaired) electrons. The Morgan fingerprint density at radius 3 is 2.72 bits per heavy atom. The zero-order valence-electron chi connectivity index (χ0n) is 11.3. The predicted molar refractivity (Wildman–Crippen MR) is 70.1 cm³/mol. The van der Waals surface area contributed by atoms with Gasteiger partial charge in [-0.3, -0.25) is 9.63 Å². The summed E-state index contributed by atoms with van der Waals surface area (Å²) >= 11 is 0. The summed E-state index contributed by atoms with van der Waals surface area (Å²) in [4.78, 5) is 16.3. The molecular weight excluding hydrogens is 228 g/mol. The first-order valence-electron chi connectivity index (χ1n) is 6.01. The number of carbonyl (C=O) groups excluding carboxylic acids is 1. The molecule has 0 atom stereocenters. The van der Waals surface area contributed by atoms with E-state index in [0.29, 0.717) is 0 Å². The van der Waals surface area contributed by atoms with Crippen molar-refractivity contribution in [3.63, 3.8) is 0 Å². The fourth-order valence-electron chi connectivity index (χ4n) is 2.44. The number of hydrogen-bond donors (Lipinski definition) is 1. The Morgan fingerprint density at radius 2 is 2.06 bits per heavy atom. The standard InChI is InChI=1S/C14H18N2O2/c1-10-14(2,3)11-7-5-6-8-12(11)16(10)9-13(17)15-18-4/h5-8H,9H2,1-4H3/p+1. The van der Waals surface area contributed by atoms with E-state index < -0.39 is 0 Å². The van der Waals surface area contributed by atoms with Crippen LogP contribution in [0.2, 0.25) is 0 Å². The molecule has 0 aliphatic carbocycles. The highest BCUT2D eigenvalue weighted by Crippen LogP contribution is 2.38. The summed E-state index contributed by atoms with van der Waals surface area (Å²) in [6.45, 7) is 6.70. The molecule has 1 aliphatic heterocycles. The lowest BCUT2D eigenvalue weighted by molar-refractivity contribution is -0.427. The van der Waals surface area contributed by atoms with Gasteiger partial charge in [-0.05, 0) is 13.8 Å². The number of benzene rings is 1. The van der Waals surface area contributed by atoms with Gasteiger partial charge in [-0.25, -0.2) is 5.48 Å². The van der Waals surface area contributed by atoms with Crippen molar-refractivity contribution in [2.24, 2.45) is 0 Å². The van der Waals surface area contributed by atoms with Gasteiger partial charge in [-0.2, -0.15) is 4.58 Å². The molecular formula is C14H19N2O2+. The van der Waals surface area contributed by atoms with Crippen molar-refractivity contribution in [3.05, 3.63) is 29.8 Å². The molecule has 1 heterocycles. The maximum absolute atomic E-state index is 11.7. The van der Waals surface area contributed by atoms with Crippen molar-refractivity contribution in [1.29, 1.82) is 0 Å². The molecule has 0 bridgehead atoms. The highest BCUT2D eigenvalue weighted by atomic mass is 16.6. The van der Waals surface area contributed by atoms with Gasteiger partial charge in [0.25, 0.3) is 0 Å². The van der Waals surface area contributed by atoms with E-state index >= 15 is 0 Å². The lowest BCUT2D eigenvalue weighted by Gasteiger charge is -2.14. The third-order valence-corrected chi connectivity index (χ3v) is 3.70. The van der Waals surface area contributed by atoms with E-state index in [-0.39, 0.29) is 17.9 Å². The summed E-state index contributed by atoms with van der Waals surface area (Å²) in [5.74, 6) is -0.149. The summed E-state index contributed by atoms with van der Waals surface area (Å²) in [6.07, 6.45) is 0. The van der Waals surface area contributed by atoms with Crippen molar-refractivity contribution >= 4 is 17.3 Å². The van der Waals surface area contributed by atoms with Gasteiger partial charge in [0.1, 0.15) is 0 Å². The van der Waals surface area contributed by atoms with Gasteiger partial charge in [-0.1, -0.05) is 18.2 Å². The van der Waals surface area contributed by atoms with E-state index in [4.69, 9.17) is 0 Å². The molecule has 0 unspecified atom stereocenters. The van der Waals surface area contributed by atoms with E-state index in [1.165, 1.54) is 18.4 Å². The molecule has 4 nitrogen and oxygen atoms in total. The molecule has 1 N–H and O–H groups in total. The molecule has 1 aliphatic rings. The average molecular weight is 247 g/mol. The fourth-order valence-corrected chi connectivity index (χ4v) is 2.44. The van der Waals surface area contributed by atoms with Crippen molar-refractivity contribution < 1.29 is 14.2 Å². The summed E-state index contributed by atoms with van der Waals surface area (Å²) in [5, 5.41) is 0. The van der Waals surface area contributed by atoms with Gasteiger partial charge in [-0.15, -0.1) is 0 Å². The first-order valence-corrected chi connectivity index (χ1v) is 6.01. The smallest absolute Gasteiger partial charge is 0.277 e. The van der Waals surface area contributed by atoms with Crippen LogP contribution in [0.4, 0.5) is 5.69 Å². The molecule has 4 heteroatoms. The molecule has 2 rings (SSSR count). The zero-order chi connectivity index (χ0) is 13.3. The maximum Gasteiger partial charge on any atom is 0.309 e. The van der Waals surface area contributed by atoms with E-state index in [9.17, 15) is 4.79 Å². The maximum atomic E-state index is 11.7. The first-order chi connectivity index (χ1) is 8.48. The Bertz CT molecular complexity index is 518. The number of nitrogens with zero attached hydrogens (tertiary/aromatic N) is 1. The summed E-state index contributed by atoms with van der Waals surface area (Å²) in [5.41, 5.74) is 5.86. The molecule has 0 saturated carbocycles. The molecule has 1 aromatic rings. The van der Waals surface area contributed by atoms with Crippen LogP contribution < -0.4 is 5.48 Å². The second-order valence-corrected chi connectivity index (χ2v) is 5.04. The van der Waals surface area contributed by atoms with Crippen molar-refractivity contribution in [1.82, 2.24) is 5.48 Å². The monoisotopic (exact) mass is 247 g/mol. The van der Waals surface area contributed by atoms with Crippen LogP contribution in [-0.2, 0) is 15.0 Å². The lowest BCUT2D eigenvalue weighted by Crippen LogP contribution is -2.33. The van der Waals surface area contributed by atoms with E-state index in [2.05, 4.69) is 37.2 Å². The van der Waals surface area contributed by atoms with Crippen LogP contribution in [0.15, 0.2) is 24.3 Å². The van der Waals surface area contributed by atoms with Gasteiger partial charge >= 0.3 is 5.91 Å². The van der Waals surface area contributed by atoms with E-state index in [0.717, 1.165) is 5.69 Å². The third-order valence-electron chi connectivity index (χ3n) is 3.70. The lowest BCUT2D eigenvalue weighted by atomic mass is 9.82. The largest absolute Gasteiger partial charge is 0.309 e. The minimum atomic E-state index is -0.149. The highest BCUT2D eigenvalue weighted by molar-refractivity contribution is 5.94. The SMILES string of the molecule is CONC(=O)C[N+]1=C(C)C(C)(C)c2ccccc21. The number of hydroxylamine groups is 1. The highest BCUT2D eigenvalue weighted by Gasteiger charge is 2.43. The fraction of sp³-hybridized carbons (Fsp3) is 0.429. The summed E-state index contributed by atoms with van der Waals surface area (Å²) in [6, 6.07) is 8.20. The number of rotatable bonds is 3. The van der Waals surface area contributed by atoms with Crippen molar-refractivity contribution in [2.75, 3.05) is 13.7 Å². The minimum absolute atomic E-state index is 0.0378. The molecule has 0 saturated heterocycles. The Balaban J connectivity index is 2.40. The number of fused-ring (bicyclic) bond motifs is 1. The first kappa shape index (κ1) is 12.8. The second-order valence-electron chi connectivity index (χ2n) is 5.04. The Kier molecular flexibility index (Phi) is 3.22. The Hall–Kier alpha value is -1.68. The topological polar surface area (TPSA) is 41.3 Å². The van der Waals surface area contributed by atoms with E-state index in [1.807, 2.05) is 22.8 Å². The van der Waals surface area contributed by atoms with Crippen molar-refractivity contribution in [3.8, 4) is 0 Å². The van der Waals surface area contributed by atoms with Crippen LogP contribution in [0.3, 0.4) is 0 Å². The molecule has 18 heavy (non-hydrogen) atoms. The predicted octanol–water partition coefficient (Wildman–Crippen LogP) is 1.76. The summed E-state index contributed by atoms with van der Waals surface area (Å²) < 4.78 is 2.05. The van der Waals surface area contributed by atoms with Gasteiger partial charge in [0.15, 0.2) is 5.71 Å². The quantitative estimate of drug-likeness (QED) is 0.653. The summed E-state index contributed by atoms with van der Waals surface area (Å²) in [7, 11) is 1.44. The molecule has 96 valence electrons. The molecule has 0 fully saturated rings. The van der Waals surface area contributed by atoms with E-state index in [1.54, 1.807) is 0 Å². The third kappa shape index (κ3) is 1.93. The number of hydrogen-bond acceptors (Lipinski definition) is 2. The van der Waals surface area contributed by atoms with Gasteiger partial charge in [0, 0.05) is 18.6 Å². The Labute approximate surface area is 107 Å². The van der Waals surface area contributed by atoms with Crippen LogP contribution in [0, 0.1) is 0 Å². The van der Waals surface area contributed by atoms with Crippen LogP contribution >= 0.6 is 0 Å². The number of carbonyl (C=O) groups is 1. The van der Waals surface area contributed by atoms with Crippen LogP contribution in [-0.4, -0.2) is 29.8 Å². The molecule has 1 aromatic carbocycles. The Morgan fingerprint density at radius 1 is 1.39 bits per heavy atom. The molecule has 1 amide bonds. The number of nitrogens with one attached hydrogen (secondary N) is 1. The average Bonchev–Trinajstić information content (AvgIpc) is 2.52. The van der Waals surface area contributed by atoms with Crippen molar-refractivity contribution in [2.45, 2.75) is 26.2 Å². The van der Waals surface area contributed by atoms with Gasteiger partial charge in [0.2, 0.25) is 12.2 Å². The van der Waals surface area contributed by atoms with Gasteiger partial charge < -0.3 is 0 Å².